The number of nitrogens with zero attached hydrogens (tertiary/aromatic N) is 4. The summed E-state index contributed by atoms with van der Waals surface area (Å²) in [6.07, 6.45) is 4.06. The fourth-order valence-corrected chi connectivity index (χ4v) is 6.72. The van der Waals surface area contributed by atoms with Crippen LogP contribution in [0.1, 0.15) is 27.7 Å². The van der Waals surface area contributed by atoms with Gasteiger partial charge in [0.2, 0.25) is 0 Å². The number of hydrogen-bond acceptors (Lipinski definition) is 2. The van der Waals surface area contributed by atoms with Crippen molar-refractivity contribution in [2.45, 2.75) is 27.7 Å². The Morgan fingerprint density at radius 1 is 0.364 bits per heavy atom. The molecule has 8 rings (SSSR count). The first-order chi connectivity index (χ1) is 26.4. The van der Waals surface area contributed by atoms with Gasteiger partial charge in [0, 0.05) is 22.2 Å². The second-order valence-corrected chi connectivity index (χ2v) is 13.3. The largest absolute Gasteiger partial charge is 2.00 e. The zero-order chi connectivity index (χ0) is 37.3. The van der Waals surface area contributed by atoms with Gasteiger partial charge < -0.3 is 10.6 Å². The minimum absolute atomic E-state index is 0. The maximum atomic E-state index is 4.81. The van der Waals surface area contributed by atoms with Crippen LogP contribution in [0.5, 0.6) is 0 Å². The minimum atomic E-state index is 0. The summed E-state index contributed by atoms with van der Waals surface area (Å²) in [6, 6.07) is 58.1. The molecule has 0 aromatic heterocycles. The van der Waals surface area contributed by atoms with Gasteiger partial charge in [-0.15, -0.1) is 11.4 Å². The zero-order valence-electron chi connectivity index (χ0n) is 31.4. The summed E-state index contributed by atoms with van der Waals surface area (Å²) in [5.74, 6) is 0. The van der Waals surface area contributed by atoms with Gasteiger partial charge in [-0.25, -0.2) is 0 Å². The van der Waals surface area contributed by atoms with E-state index in [0.29, 0.717) is 0 Å². The molecular formula is C50H42CuN4. The van der Waals surface area contributed by atoms with Crippen molar-refractivity contribution in [3.05, 3.63) is 204 Å². The Hall–Kier alpha value is -6.26. The molecule has 0 fully saturated rings. The first kappa shape index (κ1) is 38.5. The van der Waals surface area contributed by atoms with Crippen molar-refractivity contribution < 1.29 is 17.1 Å². The number of fused-ring (bicyclic) bond motifs is 4. The van der Waals surface area contributed by atoms with Gasteiger partial charge in [-0.2, -0.15) is 11.4 Å². The van der Waals surface area contributed by atoms with E-state index in [1.165, 1.54) is 21.5 Å². The van der Waals surface area contributed by atoms with E-state index in [0.717, 1.165) is 67.1 Å². The molecule has 1 radical (unpaired) electrons. The smallest absolute Gasteiger partial charge is 0.661 e. The van der Waals surface area contributed by atoms with Gasteiger partial charge in [-0.05, 0) is 58.3 Å². The average Bonchev–Trinajstić information content (AvgIpc) is 3.18. The molecule has 0 saturated carbocycles. The second-order valence-electron chi connectivity index (χ2n) is 13.3. The molecule has 0 bridgehead atoms. The first-order valence-electron chi connectivity index (χ1n) is 18.2. The Labute approximate surface area is 334 Å². The summed E-state index contributed by atoms with van der Waals surface area (Å²) in [7, 11) is 0. The second kappa shape index (κ2) is 18.2. The van der Waals surface area contributed by atoms with Crippen LogP contribution in [-0.4, -0.2) is 11.4 Å². The summed E-state index contributed by atoms with van der Waals surface area (Å²) in [6.45, 7) is 8.07. The van der Waals surface area contributed by atoms with E-state index in [1.54, 1.807) is 0 Å². The molecule has 0 unspecified atom stereocenters. The van der Waals surface area contributed by atoms with Crippen molar-refractivity contribution >= 4 is 77.3 Å². The van der Waals surface area contributed by atoms with Crippen LogP contribution in [0.3, 0.4) is 0 Å². The van der Waals surface area contributed by atoms with Crippen molar-refractivity contribution in [3.63, 3.8) is 0 Å². The topological polar surface area (TPSA) is 52.9 Å². The standard InChI is InChI=1S/2C25H21N2.Cu/c2*1-18(26-24-15-7-11-20-9-3-5-13-22(20)24)17-19(2)27-25-16-8-12-21-10-4-6-14-23(21)25;/h2*3-17H,1-2H3;/q2*-1;+2/b2*18-17-,27-19?;. The molecule has 4 nitrogen and oxygen atoms in total. The van der Waals surface area contributed by atoms with Crippen LogP contribution in [-0.2, 0) is 17.1 Å². The summed E-state index contributed by atoms with van der Waals surface area (Å²) in [5, 5.41) is 19.1. The van der Waals surface area contributed by atoms with E-state index in [-0.39, 0.29) is 17.1 Å². The van der Waals surface area contributed by atoms with Gasteiger partial charge >= 0.3 is 17.1 Å². The third kappa shape index (κ3) is 9.65. The average molecular weight is 762 g/mol. The van der Waals surface area contributed by atoms with E-state index in [1.807, 2.05) is 88.4 Å². The van der Waals surface area contributed by atoms with Crippen molar-refractivity contribution in [2.24, 2.45) is 9.98 Å². The van der Waals surface area contributed by atoms with Crippen LogP contribution >= 0.6 is 0 Å². The number of benzene rings is 8. The van der Waals surface area contributed by atoms with Crippen molar-refractivity contribution in [2.75, 3.05) is 0 Å². The summed E-state index contributed by atoms with van der Waals surface area (Å²) in [5.41, 5.74) is 7.70. The Morgan fingerprint density at radius 2 is 0.655 bits per heavy atom. The van der Waals surface area contributed by atoms with Gasteiger partial charge in [0.25, 0.3) is 0 Å². The van der Waals surface area contributed by atoms with E-state index < -0.39 is 0 Å². The van der Waals surface area contributed by atoms with Crippen LogP contribution in [0, 0.1) is 0 Å². The molecule has 0 spiro atoms. The van der Waals surface area contributed by atoms with Gasteiger partial charge in [0.1, 0.15) is 0 Å². The zero-order valence-corrected chi connectivity index (χ0v) is 32.4. The summed E-state index contributed by atoms with van der Waals surface area (Å²) >= 11 is 0. The van der Waals surface area contributed by atoms with Gasteiger partial charge in [0.15, 0.2) is 0 Å². The number of allylic oxidation sites excluding steroid dienone is 4. The van der Waals surface area contributed by atoms with Crippen molar-refractivity contribution in [3.8, 4) is 0 Å². The Morgan fingerprint density at radius 3 is 1.04 bits per heavy atom. The summed E-state index contributed by atoms with van der Waals surface area (Å²) in [4.78, 5) is 9.62. The third-order valence-electron chi connectivity index (χ3n) is 9.09. The Bertz CT molecular complexity index is 2510. The molecule has 0 N–H and O–H groups in total. The first-order valence-corrected chi connectivity index (χ1v) is 18.2. The van der Waals surface area contributed by atoms with E-state index in [2.05, 4.69) is 121 Å². The van der Waals surface area contributed by atoms with Gasteiger partial charge in [-0.3, -0.25) is 9.98 Å². The predicted octanol–water partition coefficient (Wildman–Crippen LogP) is 15.4. The molecule has 0 atom stereocenters. The molecule has 0 aliphatic rings. The third-order valence-corrected chi connectivity index (χ3v) is 9.09. The molecular weight excluding hydrogens is 720 g/mol. The van der Waals surface area contributed by atoms with Crippen molar-refractivity contribution in [1.29, 1.82) is 0 Å². The number of aliphatic imine (C=N–C) groups is 2. The van der Waals surface area contributed by atoms with Gasteiger partial charge in [0.05, 0.1) is 11.4 Å². The van der Waals surface area contributed by atoms with E-state index in [9.17, 15) is 0 Å². The SMILES string of the molecule is CC(/C=C(/C)[N-]c1cccc2ccccc12)=Nc1cccc2ccccc12.CC(/C=C(/C)[N-]c1cccc2ccccc12)=Nc1cccc2ccccc12.[Cu+2]. The normalized spacial score (nSPS) is 12.3. The maximum Gasteiger partial charge on any atom is 2.00 e. The fourth-order valence-electron chi connectivity index (χ4n) is 6.72. The number of hydrogen-bond donors (Lipinski definition) is 0. The molecule has 8 aromatic rings. The quantitative estimate of drug-likeness (QED) is 0.109. The van der Waals surface area contributed by atoms with E-state index in [4.69, 9.17) is 20.6 Å². The van der Waals surface area contributed by atoms with E-state index >= 15 is 0 Å². The molecule has 0 aliphatic carbocycles. The van der Waals surface area contributed by atoms with Crippen LogP contribution < -0.4 is 0 Å². The monoisotopic (exact) mass is 761 g/mol. The van der Waals surface area contributed by atoms with Gasteiger partial charge in [-0.1, -0.05) is 184 Å². The van der Waals surface area contributed by atoms with Crippen LogP contribution in [0.2, 0.25) is 0 Å². The fraction of sp³-hybridized carbons (Fsp3) is 0.0800. The predicted molar refractivity (Wildman–Crippen MR) is 235 cm³/mol. The number of rotatable bonds is 8. The maximum absolute atomic E-state index is 4.81. The van der Waals surface area contributed by atoms with Crippen molar-refractivity contribution in [1.82, 2.24) is 0 Å². The Balaban J connectivity index is 0.000000184. The molecule has 8 aromatic carbocycles. The minimum Gasteiger partial charge on any atom is -0.661 e. The van der Waals surface area contributed by atoms with Crippen LogP contribution in [0.4, 0.5) is 22.7 Å². The molecule has 0 amide bonds. The molecule has 0 saturated heterocycles. The van der Waals surface area contributed by atoms with Crippen LogP contribution in [0.25, 0.3) is 53.7 Å². The molecule has 5 heteroatoms. The Kier molecular flexibility index (Phi) is 12.7. The summed E-state index contributed by atoms with van der Waals surface area (Å²) < 4.78 is 0. The molecule has 0 heterocycles. The molecule has 55 heavy (non-hydrogen) atoms. The van der Waals surface area contributed by atoms with Crippen LogP contribution in [0.15, 0.2) is 203 Å². The molecule has 273 valence electrons. The molecule has 0 aliphatic heterocycles.